The number of carboxylic acid groups (broad SMARTS) is 1. The van der Waals surface area contributed by atoms with Crippen molar-refractivity contribution in [1.82, 2.24) is 0 Å². The second-order valence-corrected chi connectivity index (χ2v) is 5.58. The van der Waals surface area contributed by atoms with Gasteiger partial charge in [-0.15, -0.1) is 0 Å². The topological polar surface area (TPSA) is 63.6 Å². The molecule has 0 aromatic carbocycles. The fourth-order valence-corrected chi connectivity index (χ4v) is 2.45. The van der Waals surface area contributed by atoms with Gasteiger partial charge in [-0.2, -0.15) is 0 Å². The molecule has 4 nitrogen and oxygen atoms in total. The summed E-state index contributed by atoms with van der Waals surface area (Å²) in [7, 11) is 0. The smallest absolute Gasteiger partial charge is 0.317 e. The SMILES string of the molecule is CC(C)C1CCC(C)(OC(=O)CC(=O)O)CC1. The standard InChI is InChI=1S/C13H22O4/c1-9(2)10-4-6-13(3,7-5-10)17-12(16)8-11(14)15/h9-10H,4-8H2,1-3H3,(H,14,15). The van der Waals surface area contributed by atoms with Crippen molar-refractivity contribution in [3.8, 4) is 0 Å². The van der Waals surface area contributed by atoms with Crippen LogP contribution in [-0.4, -0.2) is 22.6 Å². The molecule has 1 N–H and O–H groups in total. The van der Waals surface area contributed by atoms with Crippen LogP contribution in [0.5, 0.6) is 0 Å². The average Bonchev–Trinajstić information content (AvgIpc) is 2.15. The Morgan fingerprint density at radius 1 is 1.35 bits per heavy atom. The van der Waals surface area contributed by atoms with E-state index in [1.54, 1.807) is 0 Å². The van der Waals surface area contributed by atoms with Crippen LogP contribution in [0, 0.1) is 11.8 Å². The van der Waals surface area contributed by atoms with Crippen molar-refractivity contribution < 1.29 is 19.4 Å². The number of carbonyl (C=O) groups excluding carboxylic acids is 1. The highest BCUT2D eigenvalue weighted by Crippen LogP contribution is 2.37. The Hall–Kier alpha value is -1.06. The van der Waals surface area contributed by atoms with E-state index >= 15 is 0 Å². The largest absolute Gasteiger partial charge is 0.481 e. The minimum Gasteiger partial charge on any atom is -0.481 e. The molecule has 0 radical (unpaired) electrons. The molecule has 1 fully saturated rings. The third kappa shape index (κ3) is 4.36. The highest BCUT2D eigenvalue weighted by atomic mass is 16.6. The summed E-state index contributed by atoms with van der Waals surface area (Å²) in [4.78, 5) is 21.7. The predicted molar refractivity (Wildman–Crippen MR) is 63.5 cm³/mol. The Bertz CT molecular complexity index is 288. The van der Waals surface area contributed by atoms with Gasteiger partial charge in [0.25, 0.3) is 0 Å². The van der Waals surface area contributed by atoms with Gasteiger partial charge in [0, 0.05) is 0 Å². The quantitative estimate of drug-likeness (QED) is 0.608. The van der Waals surface area contributed by atoms with Gasteiger partial charge in [0.1, 0.15) is 12.0 Å². The monoisotopic (exact) mass is 242 g/mol. The molecule has 17 heavy (non-hydrogen) atoms. The summed E-state index contributed by atoms with van der Waals surface area (Å²) >= 11 is 0. The van der Waals surface area contributed by atoms with Gasteiger partial charge < -0.3 is 9.84 Å². The van der Waals surface area contributed by atoms with E-state index in [1.165, 1.54) is 0 Å². The maximum atomic E-state index is 11.3. The third-order valence-corrected chi connectivity index (χ3v) is 3.69. The second kappa shape index (κ2) is 5.52. The first-order valence-corrected chi connectivity index (χ1v) is 6.26. The minimum absolute atomic E-state index is 0.460. The van der Waals surface area contributed by atoms with E-state index in [-0.39, 0.29) is 0 Å². The summed E-state index contributed by atoms with van der Waals surface area (Å²) in [5.41, 5.74) is -0.460. The minimum atomic E-state index is -1.13. The lowest BCUT2D eigenvalue weighted by Gasteiger charge is -2.38. The molecule has 0 spiro atoms. The van der Waals surface area contributed by atoms with E-state index in [1.807, 2.05) is 6.92 Å². The van der Waals surface area contributed by atoms with Crippen LogP contribution in [0.2, 0.25) is 0 Å². The number of hydrogen-bond donors (Lipinski definition) is 1. The summed E-state index contributed by atoms with van der Waals surface area (Å²) in [6.07, 6.45) is 3.23. The van der Waals surface area contributed by atoms with Crippen molar-refractivity contribution in [2.24, 2.45) is 11.8 Å². The van der Waals surface area contributed by atoms with E-state index < -0.39 is 24.0 Å². The molecule has 0 aliphatic heterocycles. The molecular weight excluding hydrogens is 220 g/mol. The lowest BCUT2D eigenvalue weighted by molar-refractivity contribution is -0.165. The van der Waals surface area contributed by atoms with Crippen molar-refractivity contribution in [2.45, 2.75) is 58.5 Å². The molecule has 0 amide bonds. The van der Waals surface area contributed by atoms with E-state index in [0.717, 1.165) is 25.7 Å². The Balaban J connectivity index is 2.44. The molecule has 1 saturated carbocycles. The van der Waals surface area contributed by atoms with E-state index in [9.17, 15) is 9.59 Å². The number of carboxylic acids is 1. The Labute approximate surface area is 102 Å². The molecule has 1 aliphatic rings. The zero-order valence-corrected chi connectivity index (χ0v) is 10.9. The van der Waals surface area contributed by atoms with Gasteiger partial charge in [0.05, 0.1) is 0 Å². The zero-order valence-electron chi connectivity index (χ0n) is 10.9. The molecule has 0 bridgehead atoms. The zero-order chi connectivity index (χ0) is 13.1. The molecule has 4 heteroatoms. The van der Waals surface area contributed by atoms with Crippen molar-refractivity contribution >= 4 is 11.9 Å². The Morgan fingerprint density at radius 3 is 2.29 bits per heavy atom. The van der Waals surface area contributed by atoms with Gasteiger partial charge in [-0.1, -0.05) is 13.8 Å². The molecule has 98 valence electrons. The maximum Gasteiger partial charge on any atom is 0.317 e. The van der Waals surface area contributed by atoms with Crippen molar-refractivity contribution in [2.75, 3.05) is 0 Å². The number of rotatable bonds is 4. The first-order chi connectivity index (χ1) is 7.82. The van der Waals surface area contributed by atoms with Gasteiger partial charge in [-0.3, -0.25) is 9.59 Å². The summed E-state index contributed by atoms with van der Waals surface area (Å²) in [6, 6.07) is 0. The van der Waals surface area contributed by atoms with Crippen molar-refractivity contribution in [3.63, 3.8) is 0 Å². The fourth-order valence-electron chi connectivity index (χ4n) is 2.45. The van der Waals surface area contributed by atoms with E-state index in [0.29, 0.717) is 11.8 Å². The van der Waals surface area contributed by atoms with Crippen LogP contribution in [-0.2, 0) is 14.3 Å². The van der Waals surface area contributed by atoms with Gasteiger partial charge in [-0.05, 0) is 44.4 Å². The normalized spacial score (nSPS) is 29.1. The molecule has 1 aliphatic carbocycles. The summed E-state index contributed by atoms with van der Waals surface area (Å²) in [5.74, 6) is -0.395. The lowest BCUT2D eigenvalue weighted by atomic mass is 9.75. The number of hydrogen-bond acceptors (Lipinski definition) is 3. The first-order valence-electron chi connectivity index (χ1n) is 6.26. The molecule has 0 saturated heterocycles. The van der Waals surface area contributed by atoms with Gasteiger partial charge in [0.2, 0.25) is 0 Å². The van der Waals surface area contributed by atoms with Crippen LogP contribution in [0.15, 0.2) is 0 Å². The third-order valence-electron chi connectivity index (χ3n) is 3.69. The summed E-state index contributed by atoms with van der Waals surface area (Å²) in [5, 5.41) is 8.51. The van der Waals surface area contributed by atoms with Crippen LogP contribution in [0.3, 0.4) is 0 Å². The molecular formula is C13H22O4. The molecule has 0 aromatic heterocycles. The predicted octanol–water partition coefficient (Wildman–Crippen LogP) is 2.61. The summed E-state index contributed by atoms with van der Waals surface area (Å²) < 4.78 is 5.30. The van der Waals surface area contributed by atoms with Gasteiger partial charge in [-0.25, -0.2) is 0 Å². The average molecular weight is 242 g/mol. The van der Waals surface area contributed by atoms with Crippen molar-refractivity contribution in [3.05, 3.63) is 0 Å². The second-order valence-electron chi connectivity index (χ2n) is 5.58. The number of esters is 1. The van der Waals surface area contributed by atoms with Crippen LogP contribution >= 0.6 is 0 Å². The maximum absolute atomic E-state index is 11.3. The molecule has 1 rings (SSSR count). The van der Waals surface area contributed by atoms with E-state index in [2.05, 4.69) is 13.8 Å². The summed E-state index contributed by atoms with van der Waals surface area (Å²) in [6.45, 7) is 6.33. The van der Waals surface area contributed by atoms with Gasteiger partial charge >= 0.3 is 11.9 Å². The van der Waals surface area contributed by atoms with Crippen LogP contribution in [0.4, 0.5) is 0 Å². The molecule has 0 aromatic rings. The number of aliphatic carboxylic acids is 1. The number of carbonyl (C=O) groups is 2. The highest BCUT2D eigenvalue weighted by Gasteiger charge is 2.35. The van der Waals surface area contributed by atoms with Crippen molar-refractivity contribution in [1.29, 1.82) is 0 Å². The Morgan fingerprint density at radius 2 is 1.88 bits per heavy atom. The van der Waals surface area contributed by atoms with Gasteiger partial charge in [0.15, 0.2) is 0 Å². The molecule has 0 atom stereocenters. The highest BCUT2D eigenvalue weighted by molar-refractivity contribution is 5.90. The Kier molecular flexibility index (Phi) is 4.54. The molecule has 0 heterocycles. The lowest BCUT2D eigenvalue weighted by Crippen LogP contribution is -2.37. The van der Waals surface area contributed by atoms with E-state index in [4.69, 9.17) is 9.84 Å². The van der Waals surface area contributed by atoms with Crippen LogP contribution in [0.1, 0.15) is 52.9 Å². The van der Waals surface area contributed by atoms with Crippen LogP contribution < -0.4 is 0 Å². The van der Waals surface area contributed by atoms with Crippen LogP contribution in [0.25, 0.3) is 0 Å². The number of ether oxygens (including phenoxy) is 1. The fraction of sp³-hybridized carbons (Fsp3) is 0.846. The first kappa shape index (κ1) is 14.0. The molecule has 0 unspecified atom stereocenters.